The van der Waals surface area contributed by atoms with Crippen molar-refractivity contribution in [2.75, 3.05) is 11.9 Å². The van der Waals surface area contributed by atoms with Crippen LogP contribution in [0.4, 0.5) is 0 Å². The maximum absolute atomic E-state index is 11.3. The van der Waals surface area contributed by atoms with Crippen molar-refractivity contribution >= 4 is 27.7 Å². The molecule has 0 atom stereocenters. The lowest BCUT2D eigenvalue weighted by Gasteiger charge is -2.03. The predicted molar refractivity (Wildman–Crippen MR) is 79.7 cm³/mol. The Balaban J connectivity index is 2.12. The Bertz CT molecular complexity index is 647. The number of allylic oxidation sites excluding steroid dienone is 1. The molecule has 20 heavy (non-hydrogen) atoms. The Kier molecular flexibility index (Phi) is 5.09. The van der Waals surface area contributed by atoms with Crippen LogP contribution in [0.2, 0.25) is 0 Å². The molecule has 5 nitrogen and oxygen atoms in total. The monoisotopic (exact) mass is 351 g/mol. The Morgan fingerprint density at radius 2 is 2.15 bits per heavy atom. The zero-order valence-corrected chi connectivity index (χ0v) is 12.7. The average Bonchev–Trinajstić information content (AvgIpc) is 2.85. The number of nitriles is 1. The lowest BCUT2D eigenvalue weighted by molar-refractivity contribution is -0.532. The van der Waals surface area contributed by atoms with Crippen LogP contribution in [0.1, 0.15) is 5.69 Å². The first kappa shape index (κ1) is 14.5. The van der Waals surface area contributed by atoms with Crippen LogP contribution >= 0.6 is 27.7 Å². The van der Waals surface area contributed by atoms with Gasteiger partial charge in [0.25, 0.3) is 23.1 Å². The van der Waals surface area contributed by atoms with Crippen molar-refractivity contribution in [1.82, 2.24) is 4.37 Å². The second-order valence-corrected chi connectivity index (χ2v) is 5.03. The molecular weight excluding hydrogens is 342 g/mol. The van der Waals surface area contributed by atoms with Crippen molar-refractivity contribution in [3.05, 3.63) is 47.3 Å². The van der Waals surface area contributed by atoms with E-state index in [1.807, 2.05) is 18.2 Å². The maximum Gasteiger partial charge on any atom is 0.282 e. The molecule has 0 unspecified atom stereocenters. The molecule has 0 saturated heterocycles. The number of benzene rings is 1. The van der Waals surface area contributed by atoms with E-state index in [1.165, 1.54) is 0 Å². The van der Waals surface area contributed by atoms with Crippen LogP contribution in [0, 0.1) is 16.5 Å². The number of halogens is 1. The first-order valence-corrected chi connectivity index (χ1v) is 7.55. The van der Waals surface area contributed by atoms with Crippen molar-refractivity contribution in [3.63, 3.8) is 0 Å². The number of rotatable bonds is 5. The quantitative estimate of drug-likeness (QED) is 0.359. The number of hydrogen-bond donors (Lipinski definition) is 0. The van der Waals surface area contributed by atoms with Crippen molar-refractivity contribution in [3.8, 4) is 23.1 Å². The maximum atomic E-state index is 11.3. The molecule has 0 N–H and O–H groups in total. The van der Waals surface area contributed by atoms with Gasteiger partial charge in [-0.15, -0.1) is 0 Å². The fourth-order valence-corrected chi connectivity index (χ4v) is 2.34. The lowest BCUT2D eigenvalue weighted by Crippen LogP contribution is -2.23. The molecule has 1 heterocycles. The highest BCUT2D eigenvalue weighted by atomic mass is 79.9. The van der Waals surface area contributed by atoms with Gasteiger partial charge in [0.05, 0.1) is 0 Å². The van der Waals surface area contributed by atoms with E-state index in [9.17, 15) is 5.21 Å². The third kappa shape index (κ3) is 3.35. The largest absolute Gasteiger partial charge is 0.699 e. The summed E-state index contributed by atoms with van der Waals surface area (Å²) in [6.45, 7) is 0.492. The van der Waals surface area contributed by atoms with Crippen LogP contribution in [0.3, 0.4) is 0 Å². The van der Waals surface area contributed by atoms with E-state index in [0.717, 1.165) is 28.4 Å². The molecule has 7 heteroatoms. The van der Waals surface area contributed by atoms with Gasteiger partial charge in [-0.3, -0.25) is 0 Å². The van der Waals surface area contributed by atoms with E-state index >= 15 is 0 Å². The summed E-state index contributed by atoms with van der Waals surface area (Å²) in [7, 11) is 0. The fourth-order valence-electron chi connectivity index (χ4n) is 1.52. The standard InChI is InChI=1S/C13H10BrN3O2S/c14-7-1-2-8-19-11-5-3-10(4-6-11)13-12(9-15)17(18)20-16-13/h1-6H,7-8H2/b2-1+. The second kappa shape index (κ2) is 7.03. The summed E-state index contributed by atoms with van der Waals surface area (Å²) >= 11 is 4.00. The van der Waals surface area contributed by atoms with E-state index in [-0.39, 0.29) is 5.69 Å². The number of alkyl halides is 1. The second-order valence-electron chi connectivity index (χ2n) is 3.70. The molecule has 102 valence electrons. The summed E-state index contributed by atoms with van der Waals surface area (Å²) in [4.78, 5) is 0. The van der Waals surface area contributed by atoms with Gasteiger partial charge in [0.2, 0.25) is 0 Å². The zero-order chi connectivity index (χ0) is 14.4. The summed E-state index contributed by atoms with van der Waals surface area (Å²) in [6.07, 6.45) is 3.87. The summed E-state index contributed by atoms with van der Waals surface area (Å²) in [5.41, 5.74) is 1.14. The van der Waals surface area contributed by atoms with Crippen LogP contribution in [0.25, 0.3) is 11.3 Å². The van der Waals surface area contributed by atoms with Crippen LogP contribution in [0.5, 0.6) is 5.75 Å². The van der Waals surface area contributed by atoms with Crippen LogP contribution in [-0.4, -0.2) is 16.3 Å². The van der Waals surface area contributed by atoms with Gasteiger partial charge >= 0.3 is 0 Å². The molecule has 0 bridgehead atoms. The summed E-state index contributed by atoms with van der Waals surface area (Å²) in [5, 5.41) is 21.1. The highest BCUT2D eigenvalue weighted by Gasteiger charge is 2.20. The molecule has 0 amide bonds. The average molecular weight is 352 g/mol. The molecule has 0 aliphatic heterocycles. The fraction of sp³-hybridized carbons (Fsp3) is 0.154. The van der Waals surface area contributed by atoms with Crippen molar-refractivity contribution in [1.29, 1.82) is 5.26 Å². The lowest BCUT2D eigenvalue weighted by atomic mass is 10.1. The Morgan fingerprint density at radius 3 is 2.80 bits per heavy atom. The molecule has 0 spiro atoms. The molecule has 0 aliphatic carbocycles. The molecule has 1 aromatic carbocycles. The van der Waals surface area contributed by atoms with E-state index in [4.69, 9.17) is 10.00 Å². The highest BCUT2D eigenvalue weighted by molar-refractivity contribution is 9.09. The van der Waals surface area contributed by atoms with Gasteiger partial charge in [-0.05, 0) is 24.3 Å². The molecule has 0 fully saturated rings. The van der Waals surface area contributed by atoms with Crippen molar-refractivity contribution in [2.24, 2.45) is 0 Å². The first-order chi connectivity index (χ1) is 9.76. The Morgan fingerprint density at radius 1 is 1.40 bits per heavy atom. The van der Waals surface area contributed by atoms with Crippen LogP contribution in [-0.2, 0) is 0 Å². The summed E-state index contributed by atoms with van der Waals surface area (Å²) in [5.74, 6) is 0.719. The minimum Gasteiger partial charge on any atom is -0.699 e. The summed E-state index contributed by atoms with van der Waals surface area (Å²) < 4.78 is 9.99. The van der Waals surface area contributed by atoms with E-state index in [2.05, 4.69) is 20.3 Å². The molecule has 0 saturated carbocycles. The van der Waals surface area contributed by atoms with Gasteiger partial charge in [0.1, 0.15) is 18.4 Å². The molecule has 1 aromatic heterocycles. The molecule has 0 radical (unpaired) electrons. The molecule has 2 aromatic rings. The van der Waals surface area contributed by atoms with Gasteiger partial charge in [0, 0.05) is 15.3 Å². The number of hydrogen-bond acceptors (Lipinski definition) is 5. The normalized spacial score (nSPS) is 10.6. The van der Waals surface area contributed by atoms with Crippen molar-refractivity contribution < 1.29 is 8.86 Å². The first-order valence-electron chi connectivity index (χ1n) is 5.70. The van der Waals surface area contributed by atoms with Crippen molar-refractivity contribution in [2.45, 2.75) is 0 Å². The smallest absolute Gasteiger partial charge is 0.282 e. The third-order valence-electron chi connectivity index (χ3n) is 2.45. The minimum atomic E-state index is 0.0175. The van der Waals surface area contributed by atoms with Crippen LogP contribution < -0.4 is 8.86 Å². The summed E-state index contributed by atoms with van der Waals surface area (Å²) in [6, 6.07) is 8.98. The predicted octanol–water partition coefficient (Wildman–Crippen LogP) is 2.65. The van der Waals surface area contributed by atoms with E-state index < -0.39 is 0 Å². The molecule has 2 rings (SSSR count). The Labute approximate surface area is 128 Å². The number of aromatic nitrogens is 2. The van der Waals surface area contributed by atoms with Gasteiger partial charge in [-0.1, -0.05) is 28.1 Å². The van der Waals surface area contributed by atoms with Gasteiger partial charge in [-0.25, -0.2) is 0 Å². The SMILES string of the molecule is N#Cc1c(-c2ccc(OC/C=C/CBr)cc2)ns[n+]1[O-]. The number of ether oxygens (including phenoxy) is 1. The minimum absolute atomic E-state index is 0.0175. The Hall–Kier alpha value is -1.91. The van der Waals surface area contributed by atoms with Crippen LogP contribution in [0.15, 0.2) is 36.4 Å². The molecule has 0 aliphatic rings. The highest BCUT2D eigenvalue weighted by Crippen LogP contribution is 2.23. The zero-order valence-electron chi connectivity index (χ0n) is 10.3. The topological polar surface area (TPSA) is 72.8 Å². The number of nitrogens with zero attached hydrogens (tertiary/aromatic N) is 3. The van der Waals surface area contributed by atoms with E-state index in [1.54, 1.807) is 24.3 Å². The molecular formula is C13H10BrN3O2S. The van der Waals surface area contributed by atoms with Gasteiger partial charge in [-0.2, -0.15) is 9.38 Å². The van der Waals surface area contributed by atoms with E-state index in [0.29, 0.717) is 16.4 Å². The third-order valence-corrected chi connectivity index (χ3v) is 3.42. The van der Waals surface area contributed by atoms with Gasteiger partial charge < -0.3 is 9.94 Å². The van der Waals surface area contributed by atoms with Gasteiger partial charge in [0.15, 0.2) is 0 Å².